The molecule has 0 atom stereocenters. The van der Waals surface area contributed by atoms with Crippen LogP contribution in [-0.4, -0.2) is 13.1 Å². The molecule has 0 aliphatic rings. The molecular weight excluding hydrogens is 244 g/mol. The van der Waals surface area contributed by atoms with Gasteiger partial charge in [0.2, 0.25) is 0 Å². The first-order valence-corrected chi connectivity index (χ1v) is 6.72. The standard InChI is InChI=1S/C15H16O2S/c1-10(2)11-5-4-6-12(9-11)13-7-8-14(18-13)15(16)17-3/h4-10H,1-3H3. The van der Waals surface area contributed by atoms with Crippen molar-refractivity contribution in [3.05, 3.63) is 46.8 Å². The summed E-state index contributed by atoms with van der Waals surface area (Å²) in [6, 6.07) is 12.2. The van der Waals surface area contributed by atoms with E-state index in [0.29, 0.717) is 10.8 Å². The quantitative estimate of drug-likeness (QED) is 0.768. The fraction of sp³-hybridized carbons (Fsp3) is 0.267. The molecular formula is C15H16O2S. The Labute approximate surface area is 111 Å². The van der Waals surface area contributed by atoms with Gasteiger partial charge in [0.1, 0.15) is 4.88 Å². The normalized spacial score (nSPS) is 10.7. The number of ether oxygens (including phenoxy) is 1. The summed E-state index contributed by atoms with van der Waals surface area (Å²) in [6.45, 7) is 4.35. The second-order valence-corrected chi connectivity index (χ2v) is 5.52. The van der Waals surface area contributed by atoms with Gasteiger partial charge in [0.15, 0.2) is 0 Å². The molecule has 3 heteroatoms. The van der Waals surface area contributed by atoms with Crippen LogP contribution in [0.3, 0.4) is 0 Å². The predicted octanol–water partition coefficient (Wildman–Crippen LogP) is 4.33. The van der Waals surface area contributed by atoms with E-state index in [1.54, 1.807) is 0 Å². The van der Waals surface area contributed by atoms with Gasteiger partial charge in [-0.15, -0.1) is 11.3 Å². The van der Waals surface area contributed by atoms with Crippen molar-refractivity contribution < 1.29 is 9.53 Å². The van der Waals surface area contributed by atoms with Gasteiger partial charge >= 0.3 is 5.97 Å². The van der Waals surface area contributed by atoms with Gasteiger partial charge in [0.25, 0.3) is 0 Å². The number of hydrogen-bond acceptors (Lipinski definition) is 3. The lowest BCUT2D eigenvalue weighted by atomic mass is 10.0. The van der Waals surface area contributed by atoms with Gasteiger partial charge in [0, 0.05) is 4.88 Å². The Balaban J connectivity index is 2.34. The van der Waals surface area contributed by atoms with Crippen LogP contribution in [0.5, 0.6) is 0 Å². The molecule has 2 aromatic rings. The highest BCUT2D eigenvalue weighted by Gasteiger charge is 2.10. The van der Waals surface area contributed by atoms with Gasteiger partial charge in [-0.05, 0) is 29.2 Å². The second kappa shape index (κ2) is 5.36. The van der Waals surface area contributed by atoms with Crippen LogP contribution in [0.4, 0.5) is 0 Å². The van der Waals surface area contributed by atoms with Crippen LogP contribution in [-0.2, 0) is 4.74 Å². The molecule has 1 aromatic heterocycles. The summed E-state index contributed by atoms with van der Waals surface area (Å²) >= 11 is 1.46. The van der Waals surface area contributed by atoms with Crippen molar-refractivity contribution in [1.82, 2.24) is 0 Å². The van der Waals surface area contributed by atoms with E-state index < -0.39 is 0 Å². The summed E-state index contributed by atoms with van der Waals surface area (Å²) in [7, 11) is 1.40. The average molecular weight is 260 g/mol. The van der Waals surface area contributed by atoms with E-state index in [0.717, 1.165) is 10.4 Å². The molecule has 2 nitrogen and oxygen atoms in total. The molecule has 18 heavy (non-hydrogen) atoms. The second-order valence-electron chi connectivity index (χ2n) is 4.44. The van der Waals surface area contributed by atoms with Crippen molar-refractivity contribution in [2.24, 2.45) is 0 Å². The minimum Gasteiger partial charge on any atom is -0.465 e. The molecule has 1 heterocycles. The Hall–Kier alpha value is -1.61. The molecule has 2 rings (SSSR count). The molecule has 0 unspecified atom stereocenters. The third-order valence-corrected chi connectivity index (χ3v) is 3.94. The molecule has 0 amide bonds. The molecule has 0 aliphatic carbocycles. The van der Waals surface area contributed by atoms with Crippen molar-refractivity contribution in [3.8, 4) is 10.4 Å². The SMILES string of the molecule is COC(=O)c1ccc(-c2cccc(C(C)C)c2)s1. The van der Waals surface area contributed by atoms with Crippen LogP contribution >= 0.6 is 11.3 Å². The van der Waals surface area contributed by atoms with Crippen LogP contribution < -0.4 is 0 Å². The molecule has 0 bridgehead atoms. The lowest BCUT2D eigenvalue weighted by molar-refractivity contribution is 0.0606. The topological polar surface area (TPSA) is 26.3 Å². The van der Waals surface area contributed by atoms with E-state index in [2.05, 4.69) is 38.1 Å². The fourth-order valence-electron chi connectivity index (χ4n) is 1.75. The zero-order chi connectivity index (χ0) is 13.1. The summed E-state index contributed by atoms with van der Waals surface area (Å²) in [5.41, 5.74) is 2.46. The Morgan fingerprint density at radius 3 is 2.67 bits per heavy atom. The highest BCUT2D eigenvalue weighted by Crippen LogP contribution is 2.30. The summed E-state index contributed by atoms with van der Waals surface area (Å²) in [5.74, 6) is 0.233. The number of rotatable bonds is 3. The van der Waals surface area contributed by atoms with E-state index in [1.165, 1.54) is 24.0 Å². The average Bonchev–Trinajstić information content (AvgIpc) is 2.87. The van der Waals surface area contributed by atoms with Crippen LogP contribution in [0.1, 0.15) is 35.0 Å². The van der Waals surface area contributed by atoms with E-state index >= 15 is 0 Å². The maximum atomic E-state index is 11.4. The number of carbonyl (C=O) groups is 1. The van der Waals surface area contributed by atoms with E-state index in [9.17, 15) is 4.79 Å². The summed E-state index contributed by atoms with van der Waals surface area (Å²) in [6.07, 6.45) is 0. The number of benzene rings is 1. The molecule has 0 N–H and O–H groups in total. The zero-order valence-corrected chi connectivity index (χ0v) is 11.6. The van der Waals surface area contributed by atoms with E-state index in [-0.39, 0.29) is 5.97 Å². The lowest BCUT2D eigenvalue weighted by Crippen LogP contribution is -1.96. The minimum atomic E-state index is -0.272. The number of hydrogen-bond donors (Lipinski definition) is 0. The molecule has 1 aromatic carbocycles. The lowest BCUT2D eigenvalue weighted by Gasteiger charge is -2.06. The van der Waals surface area contributed by atoms with Crippen molar-refractivity contribution in [3.63, 3.8) is 0 Å². The maximum Gasteiger partial charge on any atom is 0.348 e. The number of thiophene rings is 1. The number of esters is 1. The van der Waals surface area contributed by atoms with Gasteiger partial charge in [-0.1, -0.05) is 38.1 Å². The first-order valence-electron chi connectivity index (χ1n) is 5.90. The first-order chi connectivity index (χ1) is 8.61. The van der Waals surface area contributed by atoms with Gasteiger partial charge < -0.3 is 4.74 Å². The minimum absolute atomic E-state index is 0.272. The van der Waals surface area contributed by atoms with Crippen LogP contribution in [0.15, 0.2) is 36.4 Å². The Morgan fingerprint density at radius 2 is 2.00 bits per heavy atom. The molecule has 0 aliphatic heterocycles. The van der Waals surface area contributed by atoms with E-state index in [1.807, 2.05) is 12.1 Å². The zero-order valence-electron chi connectivity index (χ0n) is 10.8. The number of methoxy groups -OCH3 is 1. The maximum absolute atomic E-state index is 11.4. The fourth-order valence-corrected chi connectivity index (χ4v) is 2.67. The Bertz CT molecular complexity index is 555. The highest BCUT2D eigenvalue weighted by atomic mass is 32.1. The van der Waals surface area contributed by atoms with Gasteiger partial charge in [-0.3, -0.25) is 0 Å². The van der Waals surface area contributed by atoms with Crippen molar-refractivity contribution >= 4 is 17.3 Å². The van der Waals surface area contributed by atoms with Crippen LogP contribution in [0.2, 0.25) is 0 Å². The Kier molecular flexibility index (Phi) is 3.82. The molecule has 0 spiro atoms. The van der Waals surface area contributed by atoms with E-state index in [4.69, 9.17) is 4.74 Å². The summed E-state index contributed by atoms with van der Waals surface area (Å²) in [5, 5.41) is 0. The smallest absolute Gasteiger partial charge is 0.348 e. The Morgan fingerprint density at radius 1 is 1.22 bits per heavy atom. The molecule has 94 valence electrons. The highest BCUT2D eigenvalue weighted by molar-refractivity contribution is 7.17. The van der Waals surface area contributed by atoms with Crippen LogP contribution in [0.25, 0.3) is 10.4 Å². The third-order valence-electron chi connectivity index (χ3n) is 2.83. The third kappa shape index (κ3) is 2.62. The number of carbonyl (C=O) groups excluding carboxylic acids is 1. The summed E-state index contributed by atoms with van der Waals surface area (Å²) in [4.78, 5) is 13.2. The monoisotopic (exact) mass is 260 g/mol. The molecule has 0 saturated carbocycles. The predicted molar refractivity (Wildman–Crippen MR) is 75.2 cm³/mol. The first kappa shape index (κ1) is 12.8. The molecule has 0 saturated heterocycles. The van der Waals surface area contributed by atoms with Gasteiger partial charge in [-0.2, -0.15) is 0 Å². The summed E-state index contributed by atoms with van der Waals surface area (Å²) < 4.78 is 4.72. The largest absolute Gasteiger partial charge is 0.465 e. The molecule has 0 fully saturated rings. The molecule has 0 radical (unpaired) electrons. The van der Waals surface area contributed by atoms with Crippen molar-refractivity contribution in [2.45, 2.75) is 19.8 Å². The van der Waals surface area contributed by atoms with Crippen molar-refractivity contribution in [1.29, 1.82) is 0 Å². The van der Waals surface area contributed by atoms with Crippen molar-refractivity contribution in [2.75, 3.05) is 7.11 Å². The van der Waals surface area contributed by atoms with Crippen LogP contribution in [0, 0.1) is 0 Å². The van der Waals surface area contributed by atoms with Gasteiger partial charge in [-0.25, -0.2) is 4.79 Å². The van der Waals surface area contributed by atoms with Gasteiger partial charge in [0.05, 0.1) is 7.11 Å².